The van der Waals surface area contributed by atoms with Crippen molar-refractivity contribution in [3.8, 4) is 0 Å². The number of H-pyrrole nitrogens is 1. The molecule has 0 bridgehead atoms. The number of nitrogens with zero attached hydrogens (tertiary/aromatic N) is 6. The maximum atomic E-state index is 14.0. The molecule has 2 aromatic carbocycles. The van der Waals surface area contributed by atoms with Crippen LogP contribution in [0.4, 0.5) is 9.93 Å². The first-order valence-corrected chi connectivity index (χ1v) is 13.0. The van der Waals surface area contributed by atoms with Gasteiger partial charge in [0.05, 0.1) is 35.0 Å². The number of piperazine rings is 1. The van der Waals surface area contributed by atoms with E-state index >= 15 is 0 Å². The van der Waals surface area contributed by atoms with Crippen LogP contribution >= 0.6 is 11.3 Å². The van der Waals surface area contributed by atoms with Crippen molar-refractivity contribution in [3.05, 3.63) is 53.7 Å². The lowest BCUT2D eigenvalue weighted by Crippen LogP contribution is -2.65. The Morgan fingerprint density at radius 1 is 1.29 bits per heavy atom. The number of amides is 4. The van der Waals surface area contributed by atoms with E-state index in [4.69, 9.17) is 5.73 Å². The summed E-state index contributed by atoms with van der Waals surface area (Å²) in [5, 5.41) is 14.1. The van der Waals surface area contributed by atoms with Crippen molar-refractivity contribution in [2.45, 2.75) is 25.2 Å². The number of carbonyl (C=O) groups is 3. The third kappa shape index (κ3) is 4.00. The van der Waals surface area contributed by atoms with E-state index in [1.165, 1.54) is 16.3 Å². The normalized spacial score (nSPS) is 19.9. The molecule has 2 saturated heterocycles. The minimum absolute atomic E-state index is 0.00513. The number of fused-ring (bicyclic) bond motifs is 3. The summed E-state index contributed by atoms with van der Waals surface area (Å²) in [7, 11) is 3.16. The van der Waals surface area contributed by atoms with Crippen molar-refractivity contribution in [2.24, 2.45) is 0 Å². The van der Waals surface area contributed by atoms with E-state index in [1.54, 1.807) is 35.1 Å². The van der Waals surface area contributed by atoms with E-state index in [1.807, 2.05) is 36.4 Å². The van der Waals surface area contributed by atoms with Gasteiger partial charge in [0.2, 0.25) is 11.8 Å². The number of para-hydroxylation sites is 1. The highest BCUT2D eigenvalue weighted by Crippen LogP contribution is 2.32. The Morgan fingerprint density at radius 3 is 2.95 bits per heavy atom. The van der Waals surface area contributed by atoms with Crippen molar-refractivity contribution >= 4 is 55.4 Å². The van der Waals surface area contributed by atoms with Gasteiger partial charge in [-0.25, -0.2) is 9.78 Å². The van der Waals surface area contributed by atoms with E-state index in [2.05, 4.69) is 20.5 Å². The van der Waals surface area contributed by atoms with Crippen molar-refractivity contribution < 1.29 is 14.4 Å². The molecular weight excluding hydrogens is 506 g/mol. The Labute approximate surface area is 221 Å². The van der Waals surface area contributed by atoms with Gasteiger partial charge in [0, 0.05) is 32.4 Å². The molecule has 4 aromatic rings. The number of urea groups is 1. The van der Waals surface area contributed by atoms with Gasteiger partial charge in [0.15, 0.2) is 5.13 Å². The average Bonchev–Trinajstić information content (AvgIpc) is 3.61. The number of hydrogen-bond donors (Lipinski definition) is 3. The number of nitrogen functional groups attached to an aromatic ring is 1. The zero-order valence-electron chi connectivity index (χ0n) is 20.9. The molecule has 2 aromatic heterocycles. The van der Waals surface area contributed by atoms with Crippen LogP contribution in [0.2, 0.25) is 0 Å². The largest absolute Gasteiger partial charge is 0.375 e. The first-order chi connectivity index (χ1) is 18.3. The minimum atomic E-state index is -0.728. The molecule has 2 aliphatic heterocycles. The highest BCUT2D eigenvalue weighted by molar-refractivity contribution is 7.22. The number of hydrazine groups is 1. The van der Waals surface area contributed by atoms with Gasteiger partial charge >= 0.3 is 6.03 Å². The number of rotatable bonds is 5. The molecule has 0 radical (unpaired) electrons. The predicted octanol–water partition coefficient (Wildman–Crippen LogP) is 1.36. The fourth-order valence-electron chi connectivity index (χ4n) is 5.43. The number of anilines is 1. The Kier molecular flexibility index (Phi) is 5.88. The molecule has 12 nitrogen and oxygen atoms in total. The van der Waals surface area contributed by atoms with Crippen LogP contribution in [0.15, 0.2) is 42.6 Å². The molecule has 6 rings (SSSR count). The number of aromatic nitrogens is 3. The third-order valence-corrected chi connectivity index (χ3v) is 8.12. The van der Waals surface area contributed by atoms with Gasteiger partial charge < -0.3 is 20.9 Å². The van der Waals surface area contributed by atoms with Crippen LogP contribution in [-0.2, 0) is 22.6 Å². The zero-order valence-corrected chi connectivity index (χ0v) is 21.7. The molecule has 0 unspecified atom stereocenters. The highest BCUT2D eigenvalue weighted by Gasteiger charge is 2.51. The predicted molar refractivity (Wildman–Crippen MR) is 143 cm³/mol. The SMILES string of the molecule is CNC(=O)N(C)N1CC(=O)N2[C@@H](Cc3ccc4[nH]ncc4c3)C(=O)N(Cc3cccc4sc(N)nc34)C[C@@H]21. The average molecular weight is 534 g/mol. The molecule has 13 heteroatoms. The van der Waals surface area contributed by atoms with Crippen molar-refractivity contribution in [1.29, 1.82) is 0 Å². The molecule has 0 saturated carbocycles. The number of aromatic amines is 1. The molecule has 2 aliphatic rings. The van der Waals surface area contributed by atoms with Gasteiger partial charge in [-0.05, 0) is 29.3 Å². The molecule has 38 heavy (non-hydrogen) atoms. The molecule has 4 amide bonds. The Bertz CT molecular complexity index is 1570. The summed E-state index contributed by atoms with van der Waals surface area (Å²) in [4.78, 5) is 47.7. The maximum absolute atomic E-state index is 14.0. The van der Waals surface area contributed by atoms with E-state index in [9.17, 15) is 14.4 Å². The van der Waals surface area contributed by atoms with Gasteiger partial charge in [-0.3, -0.25) is 19.7 Å². The van der Waals surface area contributed by atoms with E-state index in [0.717, 1.165) is 32.2 Å². The second-order valence-electron chi connectivity index (χ2n) is 9.50. The molecule has 2 fully saturated rings. The van der Waals surface area contributed by atoms with Gasteiger partial charge in [-0.2, -0.15) is 10.1 Å². The van der Waals surface area contributed by atoms with Crippen LogP contribution in [0.25, 0.3) is 21.1 Å². The molecule has 196 valence electrons. The Morgan fingerprint density at radius 2 is 2.13 bits per heavy atom. The zero-order chi connectivity index (χ0) is 26.6. The van der Waals surface area contributed by atoms with Gasteiger partial charge in [0.1, 0.15) is 12.2 Å². The summed E-state index contributed by atoms with van der Waals surface area (Å²) in [6.07, 6.45) is 1.58. The van der Waals surface area contributed by atoms with Gasteiger partial charge in [-0.1, -0.05) is 29.5 Å². The Hall–Kier alpha value is -4.23. The van der Waals surface area contributed by atoms with Crippen LogP contribution in [0, 0.1) is 0 Å². The number of carbonyl (C=O) groups excluding carboxylic acids is 3. The first kappa shape index (κ1) is 24.1. The van der Waals surface area contributed by atoms with E-state index in [0.29, 0.717) is 18.1 Å². The molecule has 4 N–H and O–H groups in total. The maximum Gasteiger partial charge on any atom is 0.331 e. The number of nitrogens with one attached hydrogen (secondary N) is 2. The quantitative estimate of drug-likeness (QED) is 0.351. The van der Waals surface area contributed by atoms with Gasteiger partial charge in [-0.15, -0.1) is 0 Å². The summed E-state index contributed by atoms with van der Waals surface area (Å²) >= 11 is 1.40. The highest BCUT2D eigenvalue weighted by atomic mass is 32.1. The standard InChI is InChI=1S/C25H27N9O3S/c1-27-25(37)31(2)33-13-21(35)34-18(9-14-6-7-17-16(8-14)10-28-30-17)23(36)32(12-20(33)34)11-15-4-3-5-19-22(15)29-24(26)38-19/h3-8,10,18,20H,9,11-13H2,1-2H3,(H2,26,29)(H,27,37)(H,28,30)/t18-,20+/m0/s1. The number of hydrogen-bond acceptors (Lipinski definition) is 8. The second-order valence-corrected chi connectivity index (χ2v) is 10.6. The van der Waals surface area contributed by atoms with Crippen LogP contribution < -0.4 is 11.1 Å². The summed E-state index contributed by atoms with van der Waals surface area (Å²) in [6, 6.07) is 10.6. The summed E-state index contributed by atoms with van der Waals surface area (Å²) in [6.45, 7) is 0.566. The minimum Gasteiger partial charge on any atom is -0.375 e. The summed E-state index contributed by atoms with van der Waals surface area (Å²) in [5.41, 5.74) is 9.43. The lowest BCUT2D eigenvalue weighted by molar-refractivity contribution is -0.157. The van der Waals surface area contributed by atoms with Crippen molar-refractivity contribution in [1.82, 2.24) is 40.3 Å². The van der Waals surface area contributed by atoms with E-state index in [-0.39, 0.29) is 30.9 Å². The molecule has 0 aliphatic carbocycles. The van der Waals surface area contributed by atoms with Crippen molar-refractivity contribution in [2.75, 3.05) is 32.9 Å². The van der Waals surface area contributed by atoms with Crippen LogP contribution in [0.1, 0.15) is 11.1 Å². The fraction of sp³-hybridized carbons (Fsp3) is 0.320. The van der Waals surface area contributed by atoms with Crippen LogP contribution in [-0.4, -0.2) is 92.2 Å². The lowest BCUT2D eigenvalue weighted by Gasteiger charge is -2.45. The molecule has 0 spiro atoms. The topological polar surface area (TPSA) is 144 Å². The smallest absolute Gasteiger partial charge is 0.331 e. The van der Waals surface area contributed by atoms with Crippen LogP contribution in [0.5, 0.6) is 0 Å². The molecular formula is C25H27N9O3S. The molecule has 2 atom stereocenters. The van der Waals surface area contributed by atoms with E-state index < -0.39 is 12.2 Å². The van der Waals surface area contributed by atoms with Crippen LogP contribution in [0.3, 0.4) is 0 Å². The lowest BCUT2D eigenvalue weighted by atomic mass is 9.99. The number of thiazole rings is 1. The number of benzene rings is 2. The molecule has 4 heterocycles. The monoisotopic (exact) mass is 533 g/mol. The third-order valence-electron chi connectivity index (χ3n) is 7.27. The van der Waals surface area contributed by atoms with Crippen molar-refractivity contribution in [3.63, 3.8) is 0 Å². The first-order valence-electron chi connectivity index (χ1n) is 12.2. The summed E-state index contributed by atoms with van der Waals surface area (Å²) in [5.74, 6) is -0.339. The number of nitrogens with two attached hydrogens (primary N) is 1. The summed E-state index contributed by atoms with van der Waals surface area (Å²) < 4.78 is 0.952. The van der Waals surface area contributed by atoms with Gasteiger partial charge in [0.25, 0.3) is 0 Å². The fourth-order valence-corrected chi connectivity index (χ4v) is 6.21. The Balaban J connectivity index is 1.37. The second kappa shape index (κ2) is 9.26.